The molecule has 23 heavy (non-hydrogen) atoms. The topological polar surface area (TPSA) is 69.0 Å². The van der Waals surface area contributed by atoms with Crippen molar-refractivity contribution in [3.05, 3.63) is 38.5 Å². The summed E-state index contributed by atoms with van der Waals surface area (Å²) >= 11 is 3.46. The van der Waals surface area contributed by atoms with Crippen LogP contribution in [-0.4, -0.2) is 39.9 Å². The normalized spacial score (nSPS) is 14.1. The largest absolute Gasteiger partial charge is 0.471 e. The summed E-state index contributed by atoms with van der Waals surface area (Å²) < 4.78 is 15.9. The second-order valence-electron chi connectivity index (χ2n) is 5.00. The fourth-order valence-corrected chi connectivity index (χ4v) is 2.93. The van der Waals surface area contributed by atoms with E-state index in [9.17, 15) is 4.79 Å². The molecule has 0 N–H and O–H groups in total. The second-order valence-corrected chi connectivity index (χ2v) is 5.86. The summed E-state index contributed by atoms with van der Waals surface area (Å²) in [5.41, 5.74) is 1.64. The average Bonchev–Trinajstić information content (AvgIpc) is 2.56. The van der Waals surface area contributed by atoms with Crippen LogP contribution in [0.25, 0.3) is 11.0 Å². The predicted octanol–water partition coefficient (Wildman–Crippen LogP) is 2.49. The molecular formula is C16H18BrNO5. The summed E-state index contributed by atoms with van der Waals surface area (Å²) in [4.78, 5) is 23.2. The average molecular weight is 384 g/mol. The number of methoxy groups -OCH3 is 1. The Balaban J connectivity index is 0.000000433. The molecule has 0 aliphatic carbocycles. The highest BCUT2D eigenvalue weighted by Crippen LogP contribution is 2.27. The molecule has 3 rings (SSSR count). The SMILES string of the molecule is COC=O.Cc1cc(Br)c2oc(N3CCOCC3)cc(=O)c2c1. The molecule has 0 saturated carbocycles. The summed E-state index contributed by atoms with van der Waals surface area (Å²) in [6.45, 7) is 5.16. The highest BCUT2D eigenvalue weighted by atomic mass is 79.9. The Kier molecular flexibility index (Phi) is 6.18. The first-order valence-corrected chi connectivity index (χ1v) is 7.89. The molecule has 0 amide bonds. The molecule has 1 aromatic carbocycles. The van der Waals surface area contributed by atoms with Gasteiger partial charge in [-0.2, -0.15) is 0 Å². The molecule has 0 unspecified atom stereocenters. The van der Waals surface area contributed by atoms with Gasteiger partial charge in [0, 0.05) is 19.2 Å². The van der Waals surface area contributed by atoms with Crippen LogP contribution in [0.2, 0.25) is 0 Å². The third kappa shape index (κ3) is 4.33. The molecule has 2 aromatic rings. The van der Waals surface area contributed by atoms with Crippen LogP contribution in [0.5, 0.6) is 0 Å². The minimum Gasteiger partial charge on any atom is -0.471 e. The smallest absolute Gasteiger partial charge is 0.292 e. The Morgan fingerprint density at radius 2 is 1.91 bits per heavy atom. The van der Waals surface area contributed by atoms with Crippen molar-refractivity contribution in [2.24, 2.45) is 0 Å². The lowest BCUT2D eigenvalue weighted by Gasteiger charge is -2.27. The number of rotatable bonds is 2. The van der Waals surface area contributed by atoms with Gasteiger partial charge in [0.1, 0.15) is 0 Å². The third-order valence-electron chi connectivity index (χ3n) is 3.33. The maximum absolute atomic E-state index is 12.2. The van der Waals surface area contributed by atoms with E-state index in [4.69, 9.17) is 13.9 Å². The Morgan fingerprint density at radius 1 is 1.26 bits per heavy atom. The number of fused-ring (bicyclic) bond motifs is 1. The number of morpholine rings is 1. The molecule has 0 spiro atoms. The van der Waals surface area contributed by atoms with E-state index in [1.807, 2.05) is 24.0 Å². The van der Waals surface area contributed by atoms with Crippen molar-refractivity contribution in [2.45, 2.75) is 6.92 Å². The Morgan fingerprint density at radius 3 is 2.52 bits per heavy atom. The quantitative estimate of drug-likeness (QED) is 0.742. The Bertz CT molecular complexity index is 737. The van der Waals surface area contributed by atoms with Crippen LogP contribution in [-0.2, 0) is 14.3 Å². The number of ether oxygens (including phenoxy) is 2. The molecule has 7 heteroatoms. The summed E-state index contributed by atoms with van der Waals surface area (Å²) in [6.07, 6.45) is 0. The van der Waals surface area contributed by atoms with Gasteiger partial charge in [-0.15, -0.1) is 0 Å². The zero-order valence-corrected chi connectivity index (χ0v) is 14.6. The number of anilines is 1. The summed E-state index contributed by atoms with van der Waals surface area (Å²) in [5.74, 6) is 0.616. The van der Waals surface area contributed by atoms with Crippen molar-refractivity contribution in [2.75, 3.05) is 38.3 Å². The van der Waals surface area contributed by atoms with E-state index >= 15 is 0 Å². The van der Waals surface area contributed by atoms with E-state index < -0.39 is 0 Å². The fourth-order valence-electron chi connectivity index (χ4n) is 2.28. The van der Waals surface area contributed by atoms with Gasteiger partial charge in [-0.3, -0.25) is 9.59 Å². The number of nitrogens with zero attached hydrogens (tertiary/aromatic N) is 1. The number of aryl methyl sites for hydroxylation is 1. The van der Waals surface area contributed by atoms with Gasteiger partial charge >= 0.3 is 0 Å². The minimum absolute atomic E-state index is 0.00728. The molecule has 6 nitrogen and oxygen atoms in total. The molecular weight excluding hydrogens is 366 g/mol. The standard InChI is InChI=1S/C14H14BrNO3.C2H4O2/c1-9-6-10-12(17)8-13(16-2-4-18-5-3-16)19-14(10)11(15)7-9;1-4-2-3/h6-8H,2-5H2,1H3;2H,1H3. The van der Waals surface area contributed by atoms with Crippen molar-refractivity contribution in [1.82, 2.24) is 0 Å². The minimum atomic E-state index is -0.00728. The Hall–Kier alpha value is -1.86. The van der Waals surface area contributed by atoms with E-state index in [0.29, 0.717) is 36.5 Å². The van der Waals surface area contributed by atoms with Gasteiger partial charge in [0.25, 0.3) is 6.47 Å². The molecule has 1 aliphatic heterocycles. The van der Waals surface area contributed by atoms with Crippen LogP contribution in [0, 0.1) is 6.92 Å². The summed E-state index contributed by atoms with van der Waals surface area (Å²) in [5, 5.41) is 0.615. The molecule has 0 atom stereocenters. The van der Waals surface area contributed by atoms with Gasteiger partial charge in [0.05, 0.1) is 30.2 Å². The number of hydrogen-bond acceptors (Lipinski definition) is 6. The lowest BCUT2D eigenvalue weighted by atomic mass is 10.1. The van der Waals surface area contributed by atoms with Gasteiger partial charge in [-0.25, -0.2) is 0 Å². The van der Waals surface area contributed by atoms with Gasteiger partial charge in [0.2, 0.25) is 0 Å². The number of carbonyl (C=O) groups excluding carboxylic acids is 1. The lowest BCUT2D eigenvalue weighted by molar-refractivity contribution is -0.126. The molecule has 1 fully saturated rings. The van der Waals surface area contributed by atoms with Crippen LogP contribution in [0.4, 0.5) is 5.88 Å². The van der Waals surface area contributed by atoms with Crippen molar-refractivity contribution in [3.8, 4) is 0 Å². The molecule has 2 heterocycles. The van der Waals surface area contributed by atoms with Gasteiger partial charge in [-0.1, -0.05) is 0 Å². The fraction of sp³-hybridized carbons (Fsp3) is 0.375. The molecule has 1 aromatic heterocycles. The van der Waals surface area contributed by atoms with Crippen LogP contribution < -0.4 is 10.3 Å². The van der Waals surface area contributed by atoms with Crippen molar-refractivity contribution in [1.29, 1.82) is 0 Å². The van der Waals surface area contributed by atoms with Crippen LogP contribution in [0.1, 0.15) is 5.56 Å². The van der Waals surface area contributed by atoms with E-state index in [1.165, 1.54) is 7.11 Å². The first-order chi connectivity index (χ1) is 11.1. The van der Waals surface area contributed by atoms with Crippen LogP contribution >= 0.6 is 15.9 Å². The van der Waals surface area contributed by atoms with Gasteiger partial charge in [-0.05, 0) is 40.5 Å². The predicted molar refractivity (Wildman–Crippen MR) is 91.0 cm³/mol. The van der Waals surface area contributed by atoms with E-state index in [1.54, 1.807) is 6.07 Å². The number of benzene rings is 1. The van der Waals surface area contributed by atoms with Gasteiger partial charge < -0.3 is 18.8 Å². The van der Waals surface area contributed by atoms with E-state index in [0.717, 1.165) is 23.1 Å². The van der Waals surface area contributed by atoms with Crippen LogP contribution in [0.3, 0.4) is 0 Å². The maximum Gasteiger partial charge on any atom is 0.292 e. The summed E-state index contributed by atoms with van der Waals surface area (Å²) in [7, 11) is 1.31. The monoisotopic (exact) mass is 383 g/mol. The zero-order chi connectivity index (χ0) is 16.8. The zero-order valence-electron chi connectivity index (χ0n) is 13.0. The Labute approximate surface area is 142 Å². The highest BCUT2D eigenvalue weighted by Gasteiger charge is 2.16. The van der Waals surface area contributed by atoms with Crippen molar-refractivity contribution < 1.29 is 18.7 Å². The first kappa shape index (κ1) is 17.5. The second kappa shape index (κ2) is 8.12. The molecule has 0 radical (unpaired) electrons. The molecule has 0 bridgehead atoms. The molecule has 124 valence electrons. The number of halogens is 1. The van der Waals surface area contributed by atoms with Crippen molar-refractivity contribution >= 4 is 39.3 Å². The van der Waals surface area contributed by atoms with E-state index in [-0.39, 0.29) is 5.43 Å². The maximum atomic E-state index is 12.2. The first-order valence-electron chi connectivity index (χ1n) is 7.10. The number of hydrogen-bond donors (Lipinski definition) is 0. The summed E-state index contributed by atoms with van der Waals surface area (Å²) in [6, 6.07) is 5.38. The number of carbonyl (C=O) groups is 1. The van der Waals surface area contributed by atoms with Crippen molar-refractivity contribution in [3.63, 3.8) is 0 Å². The molecule has 1 aliphatic rings. The third-order valence-corrected chi connectivity index (χ3v) is 3.92. The van der Waals surface area contributed by atoms with E-state index in [2.05, 4.69) is 20.7 Å². The van der Waals surface area contributed by atoms with Gasteiger partial charge in [0.15, 0.2) is 16.9 Å². The van der Waals surface area contributed by atoms with Crippen LogP contribution in [0.15, 0.2) is 31.9 Å². The lowest BCUT2D eigenvalue weighted by Crippen LogP contribution is -2.36. The highest BCUT2D eigenvalue weighted by molar-refractivity contribution is 9.10. The molecule has 1 saturated heterocycles.